The van der Waals surface area contributed by atoms with Crippen LogP contribution in [-0.4, -0.2) is 72.4 Å². The zero-order valence-electron chi connectivity index (χ0n) is 23.2. The fraction of sp³-hybridized carbons (Fsp3) is 0.379. The van der Waals surface area contributed by atoms with E-state index in [0.29, 0.717) is 22.8 Å². The molecule has 4 aromatic rings. The van der Waals surface area contributed by atoms with E-state index < -0.39 is 28.7 Å². The van der Waals surface area contributed by atoms with Gasteiger partial charge in [0.05, 0.1) is 5.39 Å². The van der Waals surface area contributed by atoms with Crippen LogP contribution in [0.1, 0.15) is 31.7 Å². The van der Waals surface area contributed by atoms with Crippen LogP contribution in [0.5, 0.6) is 0 Å². The minimum atomic E-state index is -2.36. The summed E-state index contributed by atoms with van der Waals surface area (Å²) in [6.45, 7) is 4.48. The lowest BCUT2D eigenvalue weighted by molar-refractivity contribution is 0.0828. The van der Waals surface area contributed by atoms with Crippen LogP contribution in [0.2, 0.25) is 0 Å². The van der Waals surface area contributed by atoms with Gasteiger partial charge in [-0.25, -0.2) is 23.1 Å². The average Bonchev–Trinajstić information content (AvgIpc) is 3.36. The highest BCUT2D eigenvalue weighted by Gasteiger charge is 2.30. The van der Waals surface area contributed by atoms with E-state index in [1.165, 1.54) is 18.5 Å². The van der Waals surface area contributed by atoms with Crippen LogP contribution in [0.15, 0.2) is 48.9 Å². The summed E-state index contributed by atoms with van der Waals surface area (Å²) in [5, 5.41) is 4.73. The second kappa shape index (κ2) is 12.9. The van der Waals surface area contributed by atoms with Gasteiger partial charge in [0.2, 0.25) is 0 Å². The first-order valence-corrected chi connectivity index (χ1v) is 14.9. The van der Waals surface area contributed by atoms with Gasteiger partial charge < -0.3 is 19.8 Å². The number of benzene rings is 2. The third-order valence-corrected chi connectivity index (χ3v) is 8.26. The molecular formula is C29H33F3N7O2S-. The van der Waals surface area contributed by atoms with Gasteiger partial charge in [0.15, 0.2) is 11.6 Å². The van der Waals surface area contributed by atoms with Gasteiger partial charge in [-0.3, -0.25) is 14.2 Å². The molecule has 0 radical (unpaired) electrons. The number of aromatic nitrogens is 3. The fourth-order valence-corrected chi connectivity index (χ4v) is 6.07. The normalized spacial score (nSPS) is 20.7. The molecule has 1 aliphatic carbocycles. The Kier molecular flexibility index (Phi) is 9.23. The highest BCUT2D eigenvalue weighted by molar-refractivity contribution is 7.76. The Hall–Kier alpha value is -3.36. The Morgan fingerprint density at radius 1 is 0.857 bits per heavy atom. The predicted octanol–water partition coefficient (Wildman–Crippen LogP) is 4.24. The molecule has 4 N–H and O–H groups in total. The van der Waals surface area contributed by atoms with E-state index in [4.69, 9.17) is 14.5 Å². The lowest BCUT2D eigenvalue weighted by Gasteiger charge is -2.41. The van der Waals surface area contributed by atoms with E-state index in [1.807, 2.05) is 6.20 Å². The summed E-state index contributed by atoms with van der Waals surface area (Å²) >= 11 is -2.36. The van der Waals surface area contributed by atoms with E-state index in [-0.39, 0.29) is 17.2 Å². The van der Waals surface area contributed by atoms with E-state index in [0.717, 1.165) is 75.2 Å². The molecule has 2 aliphatic rings. The SMILES string of the molecule is CN1CCN(C2CCC(n3cc(-c4ccc(-c5ccc(F)c(F)c5)c(F)c4)c4c(N)ncnc43)CC2)CC1.NS(=O)[O-]. The molecule has 2 fully saturated rings. The molecule has 0 bridgehead atoms. The molecule has 13 heteroatoms. The fourth-order valence-electron chi connectivity index (χ4n) is 6.07. The molecule has 9 nitrogen and oxygen atoms in total. The first-order valence-electron chi connectivity index (χ1n) is 13.7. The van der Waals surface area contributed by atoms with Crippen LogP contribution in [0.25, 0.3) is 33.3 Å². The zero-order valence-corrected chi connectivity index (χ0v) is 24.0. The van der Waals surface area contributed by atoms with E-state index in [9.17, 15) is 8.78 Å². The summed E-state index contributed by atoms with van der Waals surface area (Å²) in [5.41, 5.74) is 8.92. The first kappa shape index (κ1) is 30.1. The minimum Gasteiger partial charge on any atom is -0.760 e. The van der Waals surface area contributed by atoms with E-state index in [2.05, 4.69) is 36.5 Å². The second-order valence-corrected chi connectivity index (χ2v) is 11.3. The topological polar surface area (TPSA) is 129 Å². The number of nitrogens with two attached hydrogens (primary N) is 2. The van der Waals surface area contributed by atoms with Gasteiger partial charge in [-0.2, -0.15) is 0 Å². The molecule has 224 valence electrons. The number of fused-ring (bicyclic) bond motifs is 1. The third-order valence-electron chi connectivity index (χ3n) is 8.26. The number of likely N-dealkylation sites (N-methyl/N-ethyl adjacent to an activating group) is 1. The molecular weight excluding hydrogens is 567 g/mol. The van der Waals surface area contributed by atoms with Crippen molar-refractivity contribution in [2.75, 3.05) is 39.0 Å². The summed E-state index contributed by atoms with van der Waals surface area (Å²) < 4.78 is 62.1. The lowest BCUT2D eigenvalue weighted by atomic mass is 9.89. The maximum atomic E-state index is 15.3. The van der Waals surface area contributed by atoms with Crippen LogP contribution in [-0.2, 0) is 11.3 Å². The minimum absolute atomic E-state index is 0.197. The number of halogens is 3. The van der Waals surface area contributed by atoms with Crippen molar-refractivity contribution in [2.24, 2.45) is 5.14 Å². The molecule has 1 unspecified atom stereocenters. The van der Waals surface area contributed by atoms with Crippen LogP contribution >= 0.6 is 0 Å². The van der Waals surface area contributed by atoms with Crippen LogP contribution in [0.4, 0.5) is 19.0 Å². The van der Waals surface area contributed by atoms with Crippen molar-refractivity contribution in [3.63, 3.8) is 0 Å². The maximum absolute atomic E-state index is 15.3. The molecule has 0 amide bonds. The Morgan fingerprint density at radius 3 is 2.10 bits per heavy atom. The molecule has 3 heterocycles. The predicted molar refractivity (Wildman–Crippen MR) is 156 cm³/mol. The molecule has 1 saturated carbocycles. The van der Waals surface area contributed by atoms with Crippen molar-refractivity contribution < 1.29 is 21.9 Å². The lowest BCUT2D eigenvalue weighted by Crippen LogP contribution is -2.49. The number of nitrogens with zero attached hydrogens (tertiary/aromatic N) is 5. The molecule has 1 saturated heterocycles. The first-order chi connectivity index (χ1) is 20.1. The van der Waals surface area contributed by atoms with Gasteiger partial charge in [-0.05, 0) is 62.1 Å². The van der Waals surface area contributed by atoms with E-state index >= 15 is 4.39 Å². The van der Waals surface area contributed by atoms with Gasteiger partial charge in [-0.1, -0.05) is 18.2 Å². The molecule has 0 spiro atoms. The van der Waals surface area contributed by atoms with Crippen molar-refractivity contribution in [3.8, 4) is 22.3 Å². The number of nitrogen functional groups attached to an aromatic ring is 1. The average molecular weight is 601 g/mol. The molecule has 2 aromatic carbocycles. The molecule has 42 heavy (non-hydrogen) atoms. The number of anilines is 1. The van der Waals surface area contributed by atoms with Crippen molar-refractivity contribution in [1.29, 1.82) is 0 Å². The van der Waals surface area contributed by atoms with Crippen molar-refractivity contribution in [1.82, 2.24) is 24.3 Å². The quantitative estimate of drug-likeness (QED) is 0.335. The van der Waals surface area contributed by atoms with Gasteiger partial charge in [0.25, 0.3) is 0 Å². The van der Waals surface area contributed by atoms with Crippen molar-refractivity contribution >= 4 is 28.1 Å². The Morgan fingerprint density at radius 2 is 1.45 bits per heavy atom. The van der Waals surface area contributed by atoms with Crippen LogP contribution in [0.3, 0.4) is 0 Å². The zero-order chi connectivity index (χ0) is 30.0. The summed E-state index contributed by atoms with van der Waals surface area (Å²) in [4.78, 5) is 13.8. The molecule has 2 aromatic heterocycles. The Bertz CT molecular complexity index is 1580. The summed E-state index contributed by atoms with van der Waals surface area (Å²) in [7, 11) is 2.18. The summed E-state index contributed by atoms with van der Waals surface area (Å²) in [6.07, 6.45) is 7.81. The molecule has 1 atom stereocenters. The van der Waals surface area contributed by atoms with Gasteiger partial charge in [0, 0.05) is 66.9 Å². The largest absolute Gasteiger partial charge is 0.760 e. The van der Waals surface area contributed by atoms with Gasteiger partial charge in [-0.15, -0.1) is 0 Å². The van der Waals surface area contributed by atoms with Crippen molar-refractivity contribution in [3.05, 3.63) is 66.4 Å². The Balaban J connectivity index is 0.000000830. The molecule has 1 aliphatic heterocycles. The molecule has 6 rings (SSSR count). The number of piperazine rings is 1. The third kappa shape index (κ3) is 6.50. The van der Waals surface area contributed by atoms with Gasteiger partial charge >= 0.3 is 0 Å². The Labute approximate surface area is 244 Å². The summed E-state index contributed by atoms with van der Waals surface area (Å²) in [6, 6.07) is 9.02. The van der Waals surface area contributed by atoms with E-state index in [1.54, 1.807) is 12.1 Å². The van der Waals surface area contributed by atoms with Gasteiger partial charge in [0.1, 0.15) is 23.6 Å². The van der Waals surface area contributed by atoms with Crippen LogP contribution < -0.4 is 10.9 Å². The highest BCUT2D eigenvalue weighted by atomic mass is 32.2. The monoisotopic (exact) mass is 600 g/mol. The van der Waals surface area contributed by atoms with Crippen LogP contribution in [0, 0.1) is 17.5 Å². The maximum Gasteiger partial charge on any atom is 0.159 e. The number of hydrogen-bond donors (Lipinski definition) is 2. The number of rotatable bonds is 4. The summed E-state index contributed by atoms with van der Waals surface area (Å²) in [5.74, 6) is -2.16. The smallest absolute Gasteiger partial charge is 0.159 e. The standard InChI is InChI=1S/C29H31F3N6.H3NO2S/c1-36-10-12-37(13-11-36)20-4-6-21(7-5-20)38-16-23(27-28(33)34-17-35-29(27)38)19-2-8-22(25(31)14-19)18-3-9-24(30)26(32)15-18;1-4(2)3/h2-3,8-9,14-17,20-21H,4-7,10-13H2,1H3,(H2,33,34,35);1H2,(H,2,3)/p-1. The second-order valence-electron chi connectivity index (χ2n) is 10.8. The highest BCUT2D eigenvalue weighted by Crippen LogP contribution is 2.40. The van der Waals surface area contributed by atoms with Crippen molar-refractivity contribution in [2.45, 2.75) is 37.8 Å². The number of hydrogen-bond acceptors (Lipinski definition) is 7.